The highest BCUT2D eigenvalue weighted by molar-refractivity contribution is 6.30. The molecule has 0 aliphatic rings. The Labute approximate surface area is 135 Å². The number of hydrogen-bond donors (Lipinski definition) is 2. The van der Waals surface area contributed by atoms with Crippen LogP contribution >= 0.6 is 11.6 Å². The topological polar surface area (TPSA) is 72.9 Å². The summed E-state index contributed by atoms with van der Waals surface area (Å²) in [4.78, 5) is 12.4. The third-order valence-corrected chi connectivity index (χ3v) is 3.97. The van der Waals surface area contributed by atoms with E-state index in [0.29, 0.717) is 22.1 Å². The van der Waals surface area contributed by atoms with Gasteiger partial charge in [-0.15, -0.1) is 0 Å². The number of amides is 1. The van der Waals surface area contributed by atoms with E-state index < -0.39 is 0 Å². The molecule has 0 saturated heterocycles. The van der Waals surface area contributed by atoms with Gasteiger partial charge in [-0.1, -0.05) is 30.7 Å². The van der Waals surface area contributed by atoms with Crippen LogP contribution in [0.4, 0.5) is 5.82 Å². The number of carbonyl (C=O) groups excluding carboxylic acids is 1. The van der Waals surface area contributed by atoms with Crippen molar-refractivity contribution in [2.24, 2.45) is 7.05 Å². The van der Waals surface area contributed by atoms with Crippen LogP contribution in [0.25, 0.3) is 0 Å². The number of aromatic nitrogens is 2. The van der Waals surface area contributed by atoms with Gasteiger partial charge in [0, 0.05) is 18.1 Å². The van der Waals surface area contributed by atoms with Gasteiger partial charge in [0.2, 0.25) is 0 Å². The summed E-state index contributed by atoms with van der Waals surface area (Å²) in [6, 6.07) is 7.69. The number of anilines is 1. The minimum Gasteiger partial charge on any atom is -0.383 e. The minimum absolute atomic E-state index is 0.0349. The Morgan fingerprint density at radius 2 is 2.05 bits per heavy atom. The Balaban J connectivity index is 2.09. The summed E-state index contributed by atoms with van der Waals surface area (Å²) in [6.45, 7) is 3.83. The lowest BCUT2D eigenvalue weighted by molar-refractivity contribution is 0.0936. The van der Waals surface area contributed by atoms with Crippen molar-refractivity contribution >= 4 is 23.3 Å². The van der Waals surface area contributed by atoms with Gasteiger partial charge in [-0.2, -0.15) is 5.10 Å². The van der Waals surface area contributed by atoms with E-state index in [9.17, 15) is 4.79 Å². The average molecular weight is 321 g/mol. The van der Waals surface area contributed by atoms with Crippen LogP contribution in [0.3, 0.4) is 0 Å². The summed E-state index contributed by atoms with van der Waals surface area (Å²) in [7, 11) is 1.73. The Hall–Kier alpha value is -2.01. The molecule has 3 N–H and O–H groups in total. The van der Waals surface area contributed by atoms with Gasteiger partial charge in [-0.3, -0.25) is 9.48 Å². The summed E-state index contributed by atoms with van der Waals surface area (Å²) in [5.74, 6) is 0.209. The van der Waals surface area contributed by atoms with Gasteiger partial charge in [0.15, 0.2) is 0 Å². The van der Waals surface area contributed by atoms with Crippen LogP contribution < -0.4 is 11.1 Å². The Morgan fingerprint density at radius 1 is 1.41 bits per heavy atom. The van der Waals surface area contributed by atoms with Crippen LogP contribution in [0, 0.1) is 6.92 Å². The van der Waals surface area contributed by atoms with Crippen molar-refractivity contribution in [3.8, 4) is 0 Å². The van der Waals surface area contributed by atoms with E-state index in [0.717, 1.165) is 18.4 Å². The summed E-state index contributed by atoms with van der Waals surface area (Å²) < 4.78 is 1.52. The zero-order valence-electron chi connectivity index (χ0n) is 13.1. The van der Waals surface area contributed by atoms with E-state index >= 15 is 0 Å². The summed E-state index contributed by atoms with van der Waals surface area (Å²) in [5.41, 5.74) is 8.14. The second-order valence-electron chi connectivity index (χ2n) is 5.38. The van der Waals surface area contributed by atoms with Crippen LogP contribution in [0.15, 0.2) is 24.3 Å². The zero-order valence-corrected chi connectivity index (χ0v) is 13.8. The van der Waals surface area contributed by atoms with E-state index in [-0.39, 0.29) is 11.9 Å². The normalized spacial score (nSPS) is 12.2. The number of nitrogen functional groups attached to an aromatic ring is 1. The Kier molecular flexibility index (Phi) is 5.08. The smallest absolute Gasteiger partial charge is 0.257 e. The van der Waals surface area contributed by atoms with Gasteiger partial charge in [0.25, 0.3) is 5.91 Å². The molecule has 1 heterocycles. The third-order valence-electron chi connectivity index (χ3n) is 3.72. The fourth-order valence-electron chi connectivity index (χ4n) is 2.42. The number of aryl methyl sites for hydroxylation is 2. The first-order chi connectivity index (χ1) is 10.4. The highest BCUT2D eigenvalue weighted by Gasteiger charge is 2.20. The first-order valence-corrected chi connectivity index (χ1v) is 7.64. The summed E-state index contributed by atoms with van der Waals surface area (Å²) in [6.07, 6.45) is 1.58. The number of halogens is 1. The molecule has 1 aromatic heterocycles. The SMILES string of the molecule is CC[C@H](Cc1ccc(Cl)cc1)NC(=O)c1c(C)nn(C)c1N. The lowest BCUT2D eigenvalue weighted by Gasteiger charge is -2.17. The van der Waals surface area contributed by atoms with Gasteiger partial charge in [0.05, 0.1) is 5.69 Å². The molecule has 0 unspecified atom stereocenters. The average Bonchev–Trinajstić information content (AvgIpc) is 2.73. The third kappa shape index (κ3) is 3.60. The van der Waals surface area contributed by atoms with E-state index in [1.54, 1.807) is 14.0 Å². The number of hydrogen-bond acceptors (Lipinski definition) is 3. The summed E-state index contributed by atoms with van der Waals surface area (Å²) in [5, 5.41) is 7.92. The zero-order chi connectivity index (χ0) is 16.3. The van der Waals surface area contributed by atoms with E-state index in [4.69, 9.17) is 17.3 Å². The molecule has 2 aromatic rings. The second-order valence-corrected chi connectivity index (χ2v) is 5.81. The van der Waals surface area contributed by atoms with Crippen LogP contribution in [0.1, 0.15) is 35.0 Å². The molecule has 1 aromatic carbocycles. The lowest BCUT2D eigenvalue weighted by Crippen LogP contribution is -2.36. The van der Waals surface area contributed by atoms with E-state index in [2.05, 4.69) is 10.4 Å². The first kappa shape index (κ1) is 16.4. The highest BCUT2D eigenvalue weighted by Crippen LogP contribution is 2.16. The number of benzene rings is 1. The minimum atomic E-state index is -0.177. The van der Waals surface area contributed by atoms with Gasteiger partial charge in [0.1, 0.15) is 11.4 Å². The molecule has 1 amide bonds. The molecule has 0 fully saturated rings. The fourth-order valence-corrected chi connectivity index (χ4v) is 2.54. The molecule has 5 nitrogen and oxygen atoms in total. The predicted octanol–water partition coefficient (Wildman–Crippen LogP) is 2.72. The molecule has 0 saturated carbocycles. The van der Waals surface area contributed by atoms with Crippen LogP contribution in [0.2, 0.25) is 5.02 Å². The van der Waals surface area contributed by atoms with E-state index in [1.807, 2.05) is 31.2 Å². The fraction of sp³-hybridized carbons (Fsp3) is 0.375. The maximum Gasteiger partial charge on any atom is 0.257 e. The standard InChI is InChI=1S/C16H21ClN4O/c1-4-13(9-11-5-7-12(17)8-6-11)19-16(22)14-10(2)20-21(3)15(14)18/h5-8,13H,4,9,18H2,1-3H3,(H,19,22)/t13-/m1/s1. The maximum atomic E-state index is 12.4. The molecule has 6 heteroatoms. The van der Waals surface area contributed by atoms with Crippen molar-refractivity contribution in [1.29, 1.82) is 0 Å². The number of nitrogens with zero attached hydrogens (tertiary/aromatic N) is 2. The van der Waals surface area contributed by atoms with Crippen LogP contribution in [0.5, 0.6) is 0 Å². The lowest BCUT2D eigenvalue weighted by atomic mass is 10.0. The molecule has 22 heavy (non-hydrogen) atoms. The van der Waals surface area contributed by atoms with Gasteiger partial charge >= 0.3 is 0 Å². The largest absolute Gasteiger partial charge is 0.383 e. The number of nitrogens with one attached hydrogen (secondary N) is 1. The molecular weight excluding hydrogens is 300 g/mol. The molecule has 1 atom stereocenters. The Morgan fingerprint density at radius 3 is 2.55 bits per heavy atom. The summed E-state index contributed by atoms with van der Waals surface area (Å²) >= 11 is 5.89. The monoisotopic (exact) mass is 320 g/mol. The maximum absolute atomic E-state index is 12.4. The predicted molar refractivity (Wildman–Crippen MR) is 89.1 cm³/mol. The first-order valence-electron chi connectivity index (χ1n) is 7.26. The van der Waals surface area contributed by atoms with Crippen molar-refractivity contribution in [3.05, 3.63) is 46.1 Å². The number of carbonyl (C=O) groups is 1. The molecule has 2 rings (SSSR count). The van der Waals surface area contributed by atoms with Gasteiger partial charge < -0.3 is 11.1 Å². The molecule has 0 spiro atoms. The number of rotatable bonds is 5. The molecule has 0 aliphatic carbocycles. The van der Waals surface area contributed by atoms with Crippen LogP contribution in [-0.4, -0.2) is 21.7 Å². The quantitative estimate of drug-likeness (QED) is 0.889. The molecule has 0 bridgehead atoms. The molecule has 0 aliphatic heterocycles. The highest BCUT2D eigenvalue weighted by atomic mass is 35.5. The molecular formula is C16H21ClN4O. The van der Waals surface area contributed by atoms with Gasteiger partial charge in [-0.25, -0.2) is 0 Å². The van der Waals surface area contributed by atoms with Crippen molar-refractivity contribution in [2.45, 2.75) is 32.7 Å². The second kappa shape index (κ2) is 6.83. The van der Waals surface area contributed by atoms with Crippen molar-refractivity contribution in [1.82, 2.24) is 15.1 Å². The molecule has 118 valence electrons. The Bertz CT molecular complexity index is 664. The van der Waals surface area contributed by atoms with Crippen molar-refractivity contribution in [2.75, 3.05) is 5.73 Å². The van der Waals surface area contributed by atoms with Gasteiger partial charge in [-0.05, 0) is 37.5 Å². The van der Waals surface area contributed by atoms with Crippen molar-refractivity contribution in [3.63, 3.8) is 0 Å². The molecule has 0 radical (unpaired) electrons. The van der Waals surface area contributed by atoms with E-state index in [1.165, 1.54) is 4.68 Å². The van der Waals surface area contributed by atoms with Crippen LogP contribution in [-0.2, 0) is 13.5 Å². The number of nitrogens with two attached hydrogens (primary N) is 1. The van der Waals surface area contributed by atoms with Crippen molar-refractivity contribution < 1.29 is 4.79 Å².